The second kappa shape index (κ2) is 36.1. The van der Waals surface area contributed by atoms with Crippen LogP contribution in [-0.4, -0.2) is 275 Å². The highest BCUT2D eigenvalue weighted by atomic mass is 19.4. The van der Waals surface area contributed by atoms with Crippen LogP contribution in [0.5, 0.6) is 0 Å². The van der Waals surface area contributed by atoms with E-state index in [4.69, 9.17) is 0 Å². The zero-order valence-electron chi connectivity index (χ0n) is 63.1. The first-order valence-corrected chi connectivity index (χ1v) is 37.1. The van der Waals surface area contributed by atoms with Crippen LogP contribution >= 0.6 is 0 Å². The van der Waals surface area contributed by atoms with Gasteiger partial charge in [0.05, 0.1) is 44.1 Å². The number of carbonyl (C=O) groups is 10. The molecule has 10 amide bonds. The molecule has 5 unspecified atom stereocenters. The molecule has 32 heteroatoms. The summed E-state index contributed by atoms with van der Waals surface area (Å²) in [5, 5.41) is 35.4. The summed E-state index contributed by atoms with van der Waals surface area (Å²) in [6.45, 7) is 11.3. The van der Waals surface area contributed by atoms with Crippen LogP contribution in [0.3, 0.4) is 0 Å². The Bertz CT molecular complexity index is 3030. The lowest BCUT2D eigenvalue weighted by Gasteiger charge is -2.53. The van der Waals surface area contributed by atoms with Gasteiger partial charge in [-0.05, 0) is 126 Å². The number of alkyl halides is 8. The van der Waals surface area contributed by atoms with Crippen LogP contribution in [0, 0.1) is 34.5 Å². The Hall–Kier alpha value is -6.28. The molecular weight excluding hydrogens is 1380 g/mol. The summed E-state index contributed by atoms with van der Waals surface area (Å²) in [4.78, 5) is 158. The third-order valence-corrected chi connectivity index (χ3v) is 22.8. The standard InChI is InChI=1S/C72H116F8N12O12/c1-15-19-24-43(18-4)33-52-64(101)86(10)37-54(93)81-47(27-26-44-31-45(73)57(46(74)32-44)72(78,79)80)62(99)92-41-69(28-29-69)36-53(92)60(97)84-70(39-68(6,7)40-70)67(104)82-48(35-71(75,76)77)61(98)90(14)51(63(100)85(8)9)34-55(94)88(12)49(23-16-2)59(96)83-58(42(5)17-3)66(103)87(11)38-56(95)89(13)50-25-21-20-22-30-91(52)65(50)102/h20-21,42-53,57-58,61,64,98,101H,15-19,22-41H2,1-14H3,(H,81,93)(H,82,104)(H,83,96)(H,84,97)/b21-20-/t42-,43?,44?,45?,46?,47-,48-,49-,50-,51-,52-,53-,57?,58-,61?,64?/m0/s1. The summed E-state index contributed by atoms with van der Waals surface area (Å²) in [5.41, 5.74) is -3.43. The Labute approximate surface area is 607 Å². The number of fused-ring (bicyclic) bond motifs is 3. The molecule has 2 saturated heterocycles. The van der Waals surface area contributed by atoms with Crippen molar-refractivity contribution in [1.29, 1.82) is 0 Å². The number of amides is 10. The van der Waals surface area contributed by atoms with E-state index in [1.54, 1.807) is 40.7 Å². The molecular formula is C72H116F8N12O12. The van der Waals surface area contributed by atoms with Crippen LogP contribution in [0.2, 0.25) is 0 Å². The third-order valence-electron chi connectivity index (χ3n) is 22.8. The van der Waals surface area contributed by atoms with Gasteiger partial charge in [0, 0.05) is 48.3 Å². The lowest BCUT2D eigenvalue weighted by Crippen LogP contribution is -2.71. The summed E-state index contributed by atoms with van der Waals surface area (Å²) in [6.07, 6.45) is -16.3. The number of halogens is 8. The number of unbranched alkanes of at least 4 members (excludes halogenated alkanes) is 1. The molecule has 6 rings (SSSR count). The predicted octanol–water partition coefficient (Wildman–Crippen LogP) is 5.97. The Balaban J connectivity index is 1.47. The summed E-state index contributed by atoms with van der Waals surface area (Å²) in [6, 6.07) is -12.0. The van der Waals surface area contributed by atoms with E-state index in [1.165, 1.54) is 61.9 Å². The van der Waals surface area contributed by atoms with E-state index in [9.17, 15) is 65.3 Å². The van der Waals surface area contributed by atoms with Gasteiger partial charge in [0.15, 0.2) is 0 Å². The number of nitrogens with one attached hydrogen (secondary N) is 4. The van der Waals surface area contributed by atoms with Gasteiger partial charge < -0.3 is 60.9 Å². The lowest BCUT2D eigenvalue weighted by molar-refractivity contribution is -0.219. The molecule has 0 radical (unpaired) electrons. The maximum absolute atomic E-state index is 15.5. The Morgan fingerprint density at radius 2 is 1.37 bits per heavy atom. The second-order valence-corrected chi connectivity index (χ2v) is 31.8. The Morgan fingerprint density at radius 1 is 0.731 bits per heavy atom. The van der Waals surface area contributed by atoms with Crippen molar-refractivity contribution in [2.24, 2.45) is 34.5 Å². The van der Waals surface area contributed by atoms with Gasteiger partial charge in [-0.1, -0.05) is 99.1 Å². The molecule has 24 nitrogen and oxygen atoms in total. The number of likely N-dealkylation sites (N-methyl/N-ethyl adjacent to an activating group) is 6. The highest BCUT2D eigenvalue weighted by Gasteiger charge is 2.61. The molecule has 0 aromatic rings. The third kappa shape index (κ3) is 21.7. The molecule has 6 aliphatic rings. The smallest absolute Gasteiger partial charge is 0.376 e. The van der Waals surface area contributed by atoms with E-state index < -0.39 is 224 Å². The van der Waals surface area contributed by atoms with Crippen LogP contribution in [-0.2, 0) is 47.9 Å². The number of rotatable bonds is 15. The highest BCUT2D eigenvalue weighted by Crippen LogP contribution is 2.56. The first kappa shape index (κ1) is 86.6. The quantitative estimate of drug-likeness (QED) is 0.0815. The van der Waals surface area contributed by atoms with Gasteiger partial charge in [-0.25, -0.2) is 8.78 Å². The fourth-order valence-electron chi connectivity index (χ4n) is 16.2. The van der Waals surface area contributed by atoms with Crippen molar-refractivity contribution in [3.05, 3.63) is 12.2 Å². The lowest BCUT2D eigenvalue weighted by atomic mass is 9.58. The number of aliphatic hydroxyl groups is 2. The molecule has 0 aromatic heterocycles. The van der Waals surface area contributed by atoms with Crippen molar-refractivity contribution < 1.29 is 93.3 Å². The molecule has 2 bridgehead atoms. The van der Waals surface area contributed by atoms with Crippen molar-refractivity contribution in [3.8, 4) is 0 Å². The van der Waals surface area contributed by atoms with Crippen molar-refractivity contribution in [1.82, 2.24) is 60.5 Å². The molecule has 104 heavy (non-hydrogen) atoms. The van der Waals surface area contributed by atoms with Crippen molar-refractivity contribution >= 4 is 59.1 Å². The molecule has 2 spiro atoms. The summed E-state index contributed by atoms with van der Waals surface area (Å²) >= 11 is 0. The molecule has 592 valence electrons. The summed E-state index contributed by atoms with van der Waals surface area (Å²) in [7, 11) is 9.07. The molecule has 3 heterocycles. The highest BCUT2D eigenvalue weighted by molar-refractivity contribution is 5.98. The topological polar surface area (TPSA) is 285 Å². The first-order valence-electron chi connectivity index (χ1n) is 37.1. The van der Waals surface area contributed by atoms with Gasteiger partial charge in [0.1, 0.15) is 66.5 Å². The minimum Gasteiger partial charge on any atom is -0.376 e. The van der Waals surface area contributed by atoms with Gasteiger partial charge in [0.25, 0.3) is 0 Å². The van der Waals surface area contributed by atoms with Crippen LogP contribution in [0.25, 0.3) is 0 Å². The van der Waals surface area contributed by atoms with E-state index in [2.05, 4.69) is 21.3 Å². The minimum absolute atomic E-state index is 0.00125. The summed E-state index contributed by atoms with van der Waals surface area (Å²) < 4.78 is 117. The van der Waals surface area contributed by atoms with E-state index in [-0.39, 0.29) is 64.0 Å². The number of aliphatic hydroxyl groups excluding tert-OH is 2. The van der Waals surface area contributed by atoms with E-state index in [0.29, 0.717) is 44.9 Å². The van der Waals surface area contributed by atoms with Gasteiger partial charge in [-0.3, -0.25) is 57.7 Å². The maximum atomic E-state index is 15.5. The Kier molecular flexibility index (Phi) is 30.1. The fraction of sp³-hybridized carbons (Fsp3) is 0.833. The molecule has 3 aliphatic heterocycles. The van der Waals surface area contributed by atoms with Crippen molar-refractivity contribution in [2.75, 3.05) is 75.5 Å². The molecule has 6 N–H and O–H groups in total. The monoisotopic (exact) mass is 1490 g/mol. The van der Waals surface area contributed by atoms with E-state index in [0.717, 1.165) is 39.5 Å². The van der Waals surface area contributed by atoms with Gasteiger partial charge in [0.2, 0.25) is 59.1 Å². The minimum atomic E-state index is -5.20. The second-order valence-electron chi connectivity index (χ2n) is 31.8. The molecule has 3 saturated carbocycles. The fourth-order valence-corrected chi connectivity index (χ4v) is 16.2. The Morgan fingerprint density at radius 3 is 1.91 bits per heavy atom. The molecule has 0 aromatic carbocycles. The van der Waals surface area contributed by atoms with Gasteiger partial charge in [-0.2, -0.15) is 26.3 Å². The number of hydrogen-bond acceptors (Lipinski definition) is 14. The average Bonchev–Trinajstić information content (AvgIpc) is 1.72. The predicted molar refractivity (Wildman–Crippen MR) is 370 cm³/mol. The van der Waals surface area contributed by atoms with Crippen LogP contribution in [0.15, 0.2) is 12.2 Å². The number of carbonyl (C=O) groups excluding carboxylic acids is 10. The number of nitrogens with zero attached hydrogens (tertiary/aromatic N) is 8. The molecule has 3 aliphatic carbocycles. The van der Waals surface area contributed by atoms with Gasteiger partial charge in [-0.15, -0.1) is 0 Å². The van der Waals surface area contributed by atoms with Crippen molar-refractivity contribution in [3.63, 3.8) is 0 Å². The average molecular weight is 1490 g/mol. The van der Waals surface area contributed by atoms with E-state index in [1.807, 2.05) is 19.9 Å². The largest absolute Gasteiger partial charge is 0.397 e. The normalized spacial score (nSPS) is 32.1. The molecule has 14 atom stereocenters. The maximum Gasteiger partial charge on any atom is 0.397 e. The SMILES string of the molecule is CCCCC(CC)C[C@H]1C(O)N(C)CC(=O)N[C@@H](CCC2CC(F)C(C(F)(F)F)C(F)C2)C(=O)N2CC3(CC3)C[C@H]2C(=O)NC2(CC(C)(C)C2)C(=O)N[C@@H](CC(F)(F)F)C(O)N(C)[C@H](C(=O)N(C)C)CC(=O)N(C)[C@@H](CCC)C(=O)N[C@@H]([C@@H](C)CC)C(=O)N(C)CC(=O)N(C)[C@H]2C/C=C\CCN1C2=O. The van der Waals surface area contributed by atoms with E-state index >= 15 is 28.0 Å². The van der Waals surface area contributed by atoms with Crippen LogP contribution in [0.1, 0.15) is 183 Å². The molecule has 5 fully saturated rings. The van der Waals surface area contributed by atoms with Gasteiger partial charge >= 0.3 is 12.4 Å². The zero-order chi connectivity index (χ0) is 78.1. The van der Waals surface area contributed by atoms with Crippen LogP contribution in [0.4, 0.5) is 35.1 Å². The van der Waals surface area contributed by atoms with Crippen molar-refractivity contribution in [2.45, 2.75) is 274 Å². The van der Waals surface area contributed by atoms with Crippen LogP contribution < -0.4 is 21.3 Å². The first-order chi connectivity index (χ1) is 48.4. The summed E-state index contributed by atoms with van der Waals surface area (Å²) in [5.74, 6) is -13.1. The zero-order valence-corrected chi connectivity index (χ0v) is 63.1. The number of hydrogen-bond donors (Lipinski definition) is 6.